The maximum atomic E-state index is 13.1. The predicted molar refractivity (Wildman–Crippen MR) is 423 cm³/mol. The summed E-state index contributed by atoms with van der Waals surface area (Å²) in [5.41, 5.74) is 0. The minimum Gasteiger partial charge on any atom is -0.462 e. The van der Waals surface area contributed by atoms with E-state index in [9.17, 15) is 43.2 Å². The Bertz CT molecular complexity index is 1980. The minimum absolute atomic E-state index is 0.107. The van der Waals surface area contributed by atoms with Gasteiger partial charge in [0, 0.05) is 25.7 Å². The highest BCUT2D eigenvalue weighted by Gasteiger charge is 2.30. The van der Waals surface area contributed by atoms with Gasteiger partial charge in [0.25, 0.3) is 0 Å². The molecule has 0 heterocycles. The molecule has 19 heteroatoms. The number of carbonyl (C=O) groups excluding carboxylic acids is 4. The average Bonchev–Trinajstić information content (AvgIpc) is 0.917. The molecule has 5 atom stereocenters. The van der Waals surface area contributed by atoms with E-state index < -0.39 is 97.5 Å². The van der Waals surface area contributed by atoms with Crippen molar-refractivity contribution in [2.45, 2.75) is 464 Å². The maximum absolute atomic E-state index is 13.1. The van der Waals surface area contributed by atoms with Crippen molar-refractivity contribution in [3.63, 3.8) is 0 Å². The van der Waals surface area contributed by atoms with Gasteiger partial charge in [-0.05, 0) is 37.5 Å². The highest BCUT2D eigenvalue weighted by molar-refractivity contribution is 7.47. The molecule has 0 bridgehead atoms. The third kappa shape index (κ3) is 78.0. The van der Waals surface area contributed by atoms with E-state index in [-0.39, 0.29) is 25.7 Å². The lowest BCUT2D eigenvalue weighted by atomic mass is 10.0. The first-order valence-corrected chi connectivity index (χ1v) is 46.5. The summed E-state index contributed by atoms with van der Waals surface area (Å²) >= 11 is 0. The molecule has 3 N–H and O–H groups in total. The van der Waals surface area contributed by atoms with Crippen molar-refractivity contribution < 1.29 is 80.2 Å². The molecule has 612 valence electrons. The van der Waals surface area contributed by atoms with Gasteiger partial charge in [-0.2, -0.15) is 0 Å². The van der Waals surface area contributed by atoms with Crippen molar-refractivity contribution in [1.29, 1.82) is 0 Å². The number of aliphatic hydroxyl groups is 1. The zero-order valence-electron chi connectivity index (χ0n) is 67.6. The Kier molecular flexibility index (Phi) is 74.1. The van der Waals surface area contributed by atoms with Crippen LogP contribution in [0.5, 0.6) is 0 Å². The summed E-state index contributed by atoms with van der Waals surface area (Å²) in [7, 11) is -9.92. The van der Waals surface area contributed by atoms with E-state index in [1.54, 1.807) is 0 Å². The number of phosphoric ester groups is 2. The maximum Gasteiger partial charge on any atom is 0.472 e. The molecular formula is C84H164O17P2. The van der Waals surface area contributed by atoms with Gasteiger partial charge in [0.05, 0.1) is 26.4 Å². The van der Waals surface area contributed by atoms with Crippen molar-refractivity contribution in [3.8, 4) is 0 Å². The second kappa shape index (κ2) is 75.5. The molecule has 0 rings (SSSR count). The van der Waals surface area contributed by atoms with Gasteiger partial charge in [-0.15, -0.1) is 0 Å². The van der Waals surface area contributed by atoms with E-state index in [2.05, 4.69) is 41.5 Å². The van der Waals surface area contributed by atoms with Crippen LogP contribution in [-0.4, -0.2) is 96.7 Å². The predicted octanol–water partition coefficient (Wildman–Crippen LogP) is 25.5. The molecule has 0 aliphatic rings. The topological polar surface area (TPSA) is 237 Å². The molecule has 0 spiro atoms. The summed E-state index contributed by atoms with van der Waals surface area (Å²) in [6, 6.07) is 0. The van der Waals surface area contributed by atoms with Gasteiger partial charge >= 0.3 is 39.5 Å². The third-order valence-electron chi connectivity index (χ3n) is 19.7. The van der Waals surface area contributed by atoms with Crippen LogP contribution in [0.25, 0.3) is 0 Å². The zero-order valence-corrected chi connectivity index (χ0v) is 69.4. The lowest BCUT2D eigenvalue weighted by Crippen LogP contribution is -2.30. The molecule has 0 aliphatic heterocycles. The molecule has 0 amide bonds. The molecule has 17 nitrogen and oxygen atoms in total. The van der Waals surface area contributed by atoms with Crippen LogP contribution in [0.1, 0.15) is 446 Å². The number of hydrogen-bond donors (Lipinski definition) is 3. The Hall–Kier alpha value is -1.94. The van der Waals surface area contributed by atoms with E-state index >= 15 is 0 Å². The van der Waals surface area contributed by atoms with Crippen LogP contribution in [0.2, 0.25) is 0 Å². The lowest BCUT2D eigenvalue weighted by molar-refractivity contribution is -0.161. The van der Waals surface area contributed by atoms with Gasteiger partial charge < -0.3 is 33.8 Å². The normalized spacial score (nSPS) is 13.9. The molecule has 103 heavy (non-hydrogen) atoms. The Morgan fingerprint density at radius 1 is 0.262 bits per heavy atom. The number of phosphoric acid groups is 2. The summed E-state index contributed by atoms with van der Waals surface area (Å²) < 4.78 is 68.8. The van der Waals surface area contributed by atoms with Crippen LogP contribution >= 0.6 is 15.6 Å². The molecule has 2 unspecified atom stereocenters. The van der Waals surface area contributed by atoms with Crippen molar-refractivity contribution in [2.75, 3.05) is 39.6 Å². The van der Waals surface area contributed by atoms with E-state index in [4.69, 9.17) is 37.0 Å². The largest absolute Gasteiger partial charge is 0.472 e. The Morgan fingerprint density at radius 2 is 0.447 bits per heavy atom. The van der Waals surface area contributed by atoms with Gasteiger partial charge in [-0.3, -0.25) is 37.3 Å². The van der Waals surface area contributed by atoms with Gasteiger partial charge in [-0.1, -0.05) is 395 Å². The molecule has 0 aliphatic carbocycles. The van der Waals surface area contributed by atoms with E-state index in [0.717, 1.165) is 102 Å². The number of hydrogen-bond acceptors (Lipinski definition) is 15. The Morgan fingerprint density at radius 3 is 0.660 bits per heavy atom. The van der Waals surface area contributed by atoms with Gasteiger partial charge in [-0.25, -0.2) is 9.13 Å². The first-order chi connectivity index (χ1) is 49.9. The van der Waals surface area contributed by atoms with Crippen LogP contribution in [-0.2, 0) is 65.4 Å². The highest BCUT2D eigenvalue weighted by Crippen LogP contribution is 2.45. The molecule has 0 radical (unpaired) electrons. The average molecular weight is 1510 g/mol. The first kappa shape index (κ1) is 101. The Balaban J connectivity index is 5.23. The van der Waals surface area contributed by atoms with Crippen molar-refractivity contribution in [2.24, 2.45) is 11.8 Å². The summed E-state index contributed by atoms with van der Waals surface area (Å²) in [6.07, 6.45) is 66.7. The van der Waals surface area contributed by atoms with E-state index in [1.165, 1.54) is 257 Å². The second-order valence-electron chi connectivity index (χ2n) is 31.2. The SMILES string of the molecule is CCCCCCCCCCCCCCCCCCCCCC(=O)O[C@H](COC(=O)CCCCCCCCCCCCCCCCCCCC)COP(=O)(O)OC[C@@H](O)COP(=O)(O)OC[C@@H](COC(=O)CCCCCCCCCC(C)C)OC(=O)CCCCCCCCCCCCCCCC(C)C. The number of carbonyl (C=O) groups is 4. The summed E-state index contributed by atoms with van der Waals surface area (Å²) in [4.78, 5) is 73.1. The standard InChI is InChI=1S/C84H164O17P2/c1-7-9-11-13-15-17-19-21-23-25-27-29-31-35-39-43-49-56-62-68-83(88)100-79(72-94-81(86)66-60-54-48-42-38-34-30-28-26-24-22-20-18-16-14-12-10-8-2)74-98-102(90,91)96-70-78(85)71-97-103(92,93)99-75-80(73-95-82(87)67-61-55-51-45-47-53-59-65-77(5)6)101-84(89)69-63-57-50-44-40-36-32-33-37-41-46-52-58-64-76(3)4/h76-80,85H,7-75H2,1-6H3,(H,90,91)(H,92,93)/t78-,79-,80-/m1/s1. The summed E-state index contributed by atoms with van der Waals surface area (Å²) in [5, 5.41) is 10.7. The van der Waals surface area contributed by atoms with Gasteiger partial charge in [0.15, 0.2) is 12.2 Å². The fourth-order valence-corrected chi connectivity index (χ4v) is 14.6. The van der Waals surface area contributed by atoms with Crippen molar-refractivity contribution in [3.05, 3.63) is 0 Å². The number of unbranched alkanes of at least 4 members (excludes halogenated alkanes) is 53. The van der Waals surface area contributed by atoms with Gasteiger partial charge in [0.1, 0.15) is 19.3 Å². The molecule has 0 fully saturated rings. The third-order valence-corrected chi connectivity index (χ3v) is 21.6. The van der Waals surface area contributed by atoms with E-state index in [0.29, 0.717) is 31.6 Å². The summed E-state index contributed by atoms with van der Waals surface area (Å²) in [5.74, 6) is -0.614. The van der Waals surface area contributed by atoms with Crippen LogP contribution in [0.4, 0.5) is 0 Å². The Labute approximate surface area is 632 Å². The van der Waals surface area contributed by atoms with Gasteiger partial charge in [0.2, 0.25) is 0 Å². The zero-order chi connectivity index (χ0) is 75.6. The number of rotatable bonds is 83. The van der Waals surface area contributed by atoms with Crippen molar-refractivity contribution >= 4 is 39.5 Å². The molecule has 0 aromatic rings. The molecule has 0 aromatic heterocycles. The number of esters is 4. The van der Waals surface area contributed by atoms with Crippen molar-refractivity contribution in [1.82, 2.24) is 0 Å². The highest BCUT2D eigenvalue weighted by atomic mass is 31.2. The second-order valence-corrected chi connectivity index (χ2v) is 34.1. The number of ether oxygens (including phenoxy) is 4. The van der Waals surface area contributed by atoms with E-state index in [1.807, 2.05) is 0 Å². The monoisotopic (exact) mass is 1510 g/mol. The quantitative estimate of drug-likeness (QED) is 0.0222. The smallest absolute Gasteiger partial charge is 0.462 e. The summed E-state index contributed by atoms with van der Waals surface area (Å²) in [6.45, 7) is 9.62. The molecular weight excluding hydrogens is 1340 g/mol. The molecule has 0 aromatic carbocycles. The van der Waals surface area contributed by atoms with Crippen LogP contribution in [0, 0.1) is 11.8 Å². The van der Waals surface area contributed by atoms with Crippen LogP contribution < -0.4 is 0 Å². The first-order valence-electron chi connectivity index (χ1n) is 43.5. The molecule has 0 saturated heterocycles. The molecule has 0 saturated carbocycles. The fraction of sp³-hybridized carbons (Fsp3) is 0.952. The van der Waals surface area contributed by atoms with Crippen LogP contribution in [0.15, 0.2) is 0 Å². The lowest BCUT2D eigenvalue weighted by Gasteiger charge is -2.21. The minimum atomic E-state index is -4.96. The fourth-order valence-electron chi connectivity index (χ4n) is 13.1. The van der Waals surface area contributed by atoms with Crippen LogP contribution in [0.3, 0.4) is 0 Å². The number of aliphatic hydroxyl groups excluding tert-OH is 1.